The molecule has 0 bridgehead atoms. The molecule has 1 N–H and O–H groups in total. The first-order valence-corrected chi connectivity index (χ1v) is 9.36. The quantitative estimate of drug-likeness (QED) is 0.381. The summed E-state index contributed by atoms with van der Waals surface area (Å²) in [6, 6.07) is 0. The topological polar surface area (TPSA) is 20.2 Å². The van der Waals surface area contributed by atoms with Crippen molar-refractivity contribution in [1.29, 1.82) is 0 Å². The fraction of sp³-hybridized carbons (Fsp3) is 0.478. The van der Waals surface area contributed by atoms with E-state index in [1.165, 1.54) is 43.3 Å². The van der Waals surface area contributed by atoms with Gasteiger partial charge in [-0.05, 0) is 45.4 Å². The summed E-state index contributed by atoms with van der Waals surface area (Å²) in [7, 11) is 0. The van der Waals surface area contributed by atoms with Crippen molar-refractivity contribution in [3.8, 4) is 0 Å². The van der Waals surface area contributed by atoms with Crippen LogP contribution in [0.3, 0.4) is 0 Å². The SMILES string of the molecule is CC(/C=C/C=C(C)/C=C/C1CCCCC1)=C\C=C\C=C\CCCO. The highest BCUT2D eigenvalue weighted by Gasteiger charge is 2.09. The monoisotopic (exact) mass is 326 g/mol. The van der Waals surface area contributed by atoms with Crippen LogP contribution in [0.25, 0.3) is 0 Å². The molecule has 0 unspecified atom stereocenters. The number of aliphatic hydroxyl groups is 1. The Labute approximate surface area is 148 Å². The number of allylic oxidation sites excluding steroid dienone is 12. The molecule has 0 saturated heterocycles. The molecule has 1 heteroatoms. The van der Waals surface area contributed by atoms with Crippen LogP contribution in [0, 0.1) is 5.92 Å². The first kappa shape index (κ1) is 20.4. The fourth-order valence-corrected chi connectivity index (χ4v) is 2.73. The van der Waals surface area contributed by atoms with Gasteiger partial charge in [-0.1, -0.05) is 91.2 Å². The van der Waals surface area contributed by atoms with Crippen molar-refractivity contribution in [3.63, 3.8) is 0 Å². The third kappa shape index (κ3) is 11.0. The molecule has 0 aromatic heterocycles. The number of unbranched alkanes of at least 4 members (excludes halogenated alkanes) is 1. The van der Waals surface area contributed by atoms with Gasteiger partial charge in [-0.25, -0.2) is 0 Å². The van der Waals surface area contributed by atoms with E-state index in [1.54, 1.807) is 0 Å². The van der Waals surface area contributed by atoms with Gasteiger partial charge in [0.2, 0.25) is 0 Å². The van der Waals surface area contributed by atoms with Crippen LogP contribution in [0.2, 0.25) is 0 Å². The van der Waals surface area contributed by atoms with Crippen LogP contribution >= 0.6 is 0 Å². The summed E-state index contributed by atoms with van der Waals surface area (Å²) >= 11 is 0. The minimum absolute atomic E-state index is 0.265. The average molecular weight is 327 g/mol. The van der Waals surface area contributed by atoms with Gasteiger partial charge in [0.25, 0.3) is 0 Å². The van der Waals surface area contributed by atoms with Gasteiger partial charge in [0.1, 0.15) is 0 Å². The number of aliphatic hydroxyl groups excluding tert-OH is 1. The van der Waals surface area contributed by atoms with E-state index in [4.69, 9.17) is 5.11 Å². The maximum absolute atomic E-state index is 8.69. The molecular weight excluding hydrogens is 292 g/mol. The molecule has 1 fully saturated rings. The van der Waals surface area contributed by atoms with Crippen molar-refractivity contribution in [2.75, 3.05) is 6.61 Å². The van der Waals surface area contributed by atoms with E-state index >= 15 is 0 Å². The van der Waals surface area contributed by atoms with Crippen LogP contribution in [0.1, 0.15) is 58.8 Å². The Morgan fingerprint density at radius 1 is 0.875 bits per heavy atom. The van der Waals surface area contributed by atoms with E-state index in [9.17, 15) is 0 Å². The lowest BCUT2D eigenvalue weighted by Gasteiger charge is -2.17. The summed E-state index contributed by atoms with van der Waals surface area (Å²) < 4.78 is 0. The first-order valence-electron chi connectivity index (χ1n) is 9.36. The second-order valence-electron chi connectivity index (χ2n) is 6.62. The lowest BCUT2D eigenvalue weighted by molar-refractivity contribution is 0.289. The van der Waals surface area contributed by atoms with Crippen molar-refractivity contribution < 1.29 is 5.11 Å². The molecule has 1 aliphatic carbocycles. The van der Waals surface area contributed by atoms with Crippen LogP contribution in [-0.2, 0) is 0 Å². The Kier molecular flexibility index (Phi) is 11.8. The highest BCUT2D eigenvalue weighted by molar-refractivity contribution is 5.29. The highest BCUT2D eigenvalue weighted by Crippen LogP contribution is 2.24. The van der Waals surface area contributed by atoms with Crippen LogP contribution in [0.5, 0.6) is 0 Å². The smallest absolute Gasteiger partial charge is 0.0433 e. The van der Waals surface area contributed by atoms with Gasteiger partial charge in [0.05, 0.1) is 0 Å². The van der Waals surface area contributed by atoms with E-state index in [1.807, 2.05) is 12.2 Å². The highest BCUT2D eigenvalue weighted by atomic mass is 16.2. The van der Waals surface area contributed by atoms with Crippen molar-refractivity contribution in [3.05, 3.63) is 71.9 Å². The van der Waals surface area contributed by atoms with Gasteiger partial charge in [-0.15, -0.1) is 0 Å². The Morgan fingerprint density at radius 2 is 1.58 bits per heavy atom. The summed E-state index contributed by atoms with van der Waals surface area (Å²) in [6.07, 6.45) is 30.1. The Bertz CT molecular complexity index is 494. The summed E-state index contributed by atoms with van der Waals surface area (Å²) in [5, 5.41) is 8.69. The second kappa shape index (κ2) is 13.8. The normalized spacial score (nSPS) is 18.8. The summed E-state index contributed by atoms with van der Waals surface area (Å²) in [5.74, 6) is 0.795. The zero-order chi connectivity index (χ0) is 17.5. The Morgan fingerprint density at radius 3 is 2.33 bits per heavy atom. The molecule has 1 rings (SSSR count). The molecule has 1 aliphatic rings. The molecule has 0 aromatic rings. The molecule has 0 atom stereocenters. The van der Waals surface area contributed by atoms with Crippen molar-refractivity contribution >= 4 is 0 Å². The molecule has 24 heavy (non-hydrogen) atoms. The standard InChI is InChI=1S/C23H34O/c1-21(13-8-5-3-4-6-11-20-24)14-12-15-22(2)18-19-23-16-9-7-10-17-23/h3-5,8,12-15,18-19,23-24H,6-7,9-11,16-17,20H2,1-2H3/b4-3+,8-5+,14-12+,19-18+,21-13+,22-15+. The zero-order valence-electron chi connectivity index (χ0n) is 15.5. The van der Waals surface area contributed by atoms with Gasteiger partial charge < -0.3 is 5.11 Å². The third-order valence-corrected chi connectivity index (χ3v) is 4.25. The molecule has 1 saturated carbocycles. The van der Waals surface area contributed by atoms with Gasteiger partial charge in [0, 0.05) is 6.61 Å². The zero-order valence-corrected chi connectivity index (χ0v) is 15.5. The molecule has 0 spiro atoms. The summed E-state index contributed by atoms with van der Waals surface area (Å²) in [4.78, 5) is 0. The number of hydrogen-bond donors (Lipinski definition) is 1. The molecule has 0 aromatic carbocycles. The minimum atomic E-state index is 0.265. The van der Waals surface area contributed by atoms with Gasteiger partial charge in [-0.3, -0.25) is 0 Å². The van der Waals surface area contributed by atoms with Gasteiger partial charge >= 0.3 is 0 Å². The lowest BCUT2D eigenvalue weighted by Crippen LogP contribution is -2.02. The Balaban J connectivity index is 2.34. The van der Waals surface area contributed by atoms with Crippen LogP contribution in [0.15, 0.2) is 71.9 Å². The molecule has 0 aliphatic heterocycles. The predicted molar refractivity (Wildman–Crippen MR) is 107 cm³/mol. The van der Waals surface area contributed by atoms with Crippen molar-refractivity contribution in [1.82, 2.24) is 0 Å². The third-order valence-electron chi connectivity index (χ3n) is 4.25. The largest absolute Gasteiger partial charge is 0.396 e. The predicted octanol–water partition coefficient (Wildman–Crippen LogP) is 6.46. The van der Waals surface area contributed by atoms with E-state index in [0.717, 1.165) is 18.8 Å². The average Bonchev–Trinajstić information content (AvgIpc) is 2.60. The minimum Gasteiger partial charge on any atom is -0.396 e. The lowest BCUT2D eigenvalue weighted by atomic mass is 9.89. The number of hydrogen-bond acceptors (Lipinski definition) is 1. The summed E-state index contributed by atoms with van der Waals surface area (Å²) in [6.45, 7) is 4.54. The van der Waals surface area contributed by atoms with Gasteiger partial charge in [-0.2, -0.15) is 0 Å². The van der Waals surface area contributed by atoms with Crippen molar-refractivity contribution in [2.24, 2.45) is 5.92 Å². The van der Waals surface area contributed by atoms with Crippen LogP contribution < -0.4 is 0 Å². The fourth-order valence-electron chi connectivity index (χ4n) is 2.73. The van der Waals surface area contributed by atoms with E-state index < -0.39 is 0 Å². The van der Waals surface area contributed by atoms with Crippen molar-refractivity contribution in [2.45, 2.75) is 58.8 Å². The first-order chi connectivity index (χ1) is 11.7. The summed E-state index contributed by atoms with van der Waals surface area (Å²) in [5.41, 5.74) is 2.54. The molecule has 0 radical (unpaired) electrons. The van der Waals surface area contributed by atoms with E-state index in [-0.39, 0.29) is 6.61 Å². The molecule has 1 nitrogen and oxygen atoms in total. The number of rotatable bonds is 9. The van der Waals surface area contributed by atoms with Gasteiger partial charge in [0.15, 0.2) is 0 Å². The molecule has 0 amide bonds. The second-order valence-corrected chi connectivity index (χ2v) is 6.62. The molecular formula is C23H34O. The van der Waals surface area contributed by atoms with E-state index in [2.05, 4.69) is 62.5 Å². The van der Waals surface area contributed by atoms with E-state index in [0.29, 0.717) is 0 Å². The molecule has 0 heterocycles. The van der Waals surface area contributed by atoms with Crippen LogP contribution in [-0.4, -0.2) is 11.7 Å². The maximum atomic E-state index is 8.69. The van der Waals surface area contributed by atoms with Crippen LogP contribution in [0.4, 0.5) is 0 Å². The maximum Gasteiger partial charge on any atom is 0.0433 e. The Hall–Kier alpha value is -1.60. The molecule has 132 valence electrons.